The van der Waals surface area contributed by atoms with Crippen molar-refractivity contribution in [3.8, 4) is 11.5 Å². The molecule has 3 rings (SSSR count). The minimum atomic E-state index is -0.512. The number of hydrogen-bond donors (Lipinski definition) is 0. The summed E-state index contributed by atoms with van der Waals surface area (Å²) in [5.74, 6) is 0.279. The Hall–Kier alpha value is -2.92. The van der Waals surface area contributed by atoms with Gasteiger partial charge >= 0.3 is 5.97 Å². The van der Waals surface area contributed by atoms with E-state index in [1.165, 1.54) is 7.11 Å². The second kappa shape index (κ2) is 6.91. The number of carbonyl (C=O) groups is 2. The zero-order valence-corrected chi connectivity index (χ0v) is 14.3. The smallest absolute Gasteiger partial charge is 0.337 e. The van der Waals surface area contributed by atoms with Gasteiger partial charge in [-0.05, 0) is 37.1 Å². The molecule has 5 heteroatoms. The summed E-state index contributed by atoms with van der Waals surface area (Å²) >= 11 is 0. The lowest BCUT2D eigenvalue weighted by atomic mass is 10.0. The lowest BCUT2D eigenvalue weighted by Gasteiger charge is -2.07. The maximum atomic E-state index is 12.6. The first-order valence-electron chi connectivity index (χ1n) is 7.83. The number of hydrogen-bond acceptors (Lipinski definition) is 5. The Morgan fingerprint density at radius 3 is 2.72 bits per heavy atom. The molecule has 2 aromatic rings. The van der Waals surface area contributed by atoms with Gasteiger partial charge in [0.1, 0.15) is 18.1 Å². The third kappa shape index (κ3) is 3.61. The van der Waals surface area contributed by atoms with E-state index in [2.05, 4.69) is 0 Å². The van der Waals surface area contributed by atoms with Crippen molar-refractivity contribution in [2.24, 2.45) is 0 Å². The predicted molar refractivity (Wildman–Crippen MR) is 92.8 cm³/mol. The first kappa shape index (κ1) is 16.9. The number of benzene rings is 2. The number of ketones is 1. The molecular weight excluding hydrogens is 320 g/mol. The molecule has 0 spiro atoms. The van der Waals surface area contributed by atoms with Crippen LogP contribution >= 0.6 is 0 Å². The van der Waals surface area contributed by atoms with Gasteiger partial charge in [0.05, 0.1) is 5.56 Å². The van der Waals surface area contributed by atoms with Crippen molar-refractivity contribution in [3.63, 3.8) is 0 Å². The molecule has 1 aliphatic heterocycles. The molecule has 0 aliphatic carbocycles. The van der Waals surface area contributed by atoms with Crippen LogP contribution in [0.5, 0.6) is 11.5 Å². The lowest BCUT2D eigenvalue weighted by molar-refractivity contribution is -0.138. The van der Waals surface area contributed by atoms with Gasteiger partial charge in [-0.3, -0.25) is 4.79 Å². The number of methoxy groups -OCH3 is 1. The van der Waals surface area contributed by atoms with Crippen molar-refractivity contribution < 1.29 is 23.8 Å². The van der Waals surface area contributed by atoms with E-state index in [9.17, 15) is 9.59 Å². The molecule has 0 fully saturated rings. The quantitative estimate of drug-likeness (QED) is 0.485. The number of esters is 1. The van der Waals surface area contributed by atoms with E-state index in [1.54, 1.807) is 25.1 Å². The summed E-state index contributed by atoms with van der Waals surface area (Å²) in [5, 5.41) is 0. The van der Waals surface area contributed by atoms with E-state index >= 15 is 0 Å². The molecule has 0 aromatic heterocycles. The number of carbonyl (C=O) groups excluding carboxylic acids is 2. The Balaban J connectivity index is 1.90. The molecule has 0 saturated carbocycles. The van der Waals surface area contributed by atoms with Crippen molar-refractivity contribution in [3.05, 3.63) is 64.4 Å². The molecule has 25 heavy (non-hydrogen) atoms. The van der Waals surface area contributed by atoms with E-state index in [4.69, 9.17) is 14.2 Å². The first-order valence-corrected chi connectivity index (χ1v) is 7.83. The molecule has 0 amide bonds. The highest BCUT2D eigenvalue weighted by molar-refractivity contribution is 6.15. The Kier molecular flexibility index (Phi) is 4.67. The number of aryl methyl sites for hydroxylation is 2. The van der Waals surface area contributed by atoms with Gasteiger partial charge in [0.15, 0.2) is 5.76 Å². The van der Waals surface area contributed by atoms with Crippen LogP contribution in [0.25, 0.3) is 6.08 Å². The monoisotopic (exact) mass is 338 g/mol. The second-order valence-electron chi connectivity index (χ2n) is 5.87. The Morgan fingerprint density at radius 1 is 1.20 bits per heavy atom. The lowest BCUT2D eigenvalue weighted by Crippen LogP contribution is -2.14. The summed E-state index contributed by atoms with van der Waals surface area (Å²) in [7, 11) is 1.42. The minimum Gasteiger partial charge on any atom is -0.452 e. The van der Waals surface area contributed by atoms with Crippen LogP contribution in [-0.2, 0) is 9.53 Å². The third-order valence-corrected chi connectivity index (χ3v) is 3.78. The molecule has 2 aromatic carbocycles. The van der Waals surface area contributed by atoms with Crippen LogP contribution in [0.1, 0.15) is 27.0 Å². The molecule has 1 aliphatic rings. The summed E-state index contributed by atoms with van der Waals surface area (Å²) in [4.78, 5) is 24.2. The summed E-state index contributed by atoms with van der Waals surface area (Å²) in [6.07, 6.45) is 1.71. The van der Waals surface area contributed by atoms with Crippen LogP contribution in [0, 0.1) is 13.8 Å². The molecule has 128 valence electrons. The topological polar surface area (TPSA) is 61.8 Å². The van der Waals surface area contributed by atoms with Gasteiger partial charge in [-0.25, -0.2) is 4.79 Å². The summed E-state index contributed by atoms with van der Waals surface area (Å²) in [6.45, 7) is 3.62. The molecule has 0 atom stereocenters. The van der Waals surface area contributed by atoms with E-state index in [1.807, 2.05) is 31.2 Å². The average Bonchev–Trinajstić information content (AvgIpc) is 2.84. The zero-order chi connectivity index (χ0) is 18.0. The maximum absolute atomic E-state index is 12.6. The standard InChI is InChI=1S/C20H18O5/c1-12-5-4-6-14(7-12)9-17-20(22)19-13(2)8-15(10-16(19)25-17)24-18(21)11-23-3/h4-10H,11H2,1-3H3/b17-9-. The molecule has 5 nitrogen and oxygen atoms in total. The van der Waals surface area contributed by atoms with E-state index in [0.29, 0.717) is 22.6 Å². The molecular formula is C20H18O5. The zero-order valence-electron chi connectivity index (χ0n) is 14.3. The summed E-state index contributed by atoms with van der Waals surface area (Å²) in [6, 6.07) is 11.0. The van der Waals surface area contributed by atoms with Crippen LogP contribution in [0.4, 0.5) is 0 Å². The highest BCUT2D eigenvalue weighted by Gasteiger charge is 2.30. The highest BCUT2D eigenvalue weighted by Crippen LogP contribution is 2.37. The number of Topliss-reactive ketones (excluding diaryl/α,β-unsaturated/α-hetero) is 1. The van der Waals surface area contributed by atoms with Gasteiger partial charge in [0, 0.05) is 13.2 Å². The van der Waals surface area contributed by atoms with Crippen molar-refractivity contribution in [2.45, 2.75) is 13.8 Å². The van der Waals surface area contributed by atoms with E-state index in [0.717, 1.165) is 11.1 Å². The van der Waals surface area contributed by atoms with Gasteiger partial charge in [-0.1, -0.05) is 29.8 Å². The van der Waals surface area contributed by atoms with E-state index in [-0.39, 0.29) is 18.1 Å². The molecule has 0 saturated heterocycles. The summed E-state index contributed by atoms with van der Waals surface area (Å²) < 4.78 is 15.6. The van der Waals surface area contributed by atoms with E-state index < -0.39 is 5.97 Å². The van der Waals surface area contributed by atoms with Gasteiger partial charge in [0.25, 0.3) is 0 Å². The van der Waals surface area contributed by atoms with Crippen LogP contribution in [0.3, 0.4) is 0 Å². The number of rotatable bonds is 4. The molecule has 0 N–H and O–H groups in total. The molecule has 0 bridgehead atoms. The fourth-order valence-corrected chi connectivity index (χ4v) is 2.73. The van der Waals surface area contributed by atoms with Gasteiger partial charge < -0.3 is 14.2 Å². The molecule has 0 unspecified atom stereocenters. The second-order valence-corrected chi connectivity index (χ2v) is 5.87. The third-order valence-electron chi connectivity index (χ3n) is 3.78. The largest absolute Gasteiger partial charge is 0.452 e. The normalized spacial score (nSPS) is 14.4. The van der Waals surface area contributed by atoms with Crippen molar-refractivity contribution in [1.82, 2.24) is 0 Å². The van der Waals surface area contributed by atoms with Crippen molar-refractivity contribution >= 4 is 17.8 Å². The maximum Gasteiger partial charge on any atom is 0.337 e. The SMILES string of the molecule is COCC(=O)Oc1cc(C)c2c(c1)O/C(=C\c1cccc(C)c1)C2=O. The highest BCUT2D eigenvalue weighted by atomic mass is 16.6. The molecule has 0 radical (unpaired) electrons. The van der Waals surface area contributed by atoms with Crippen LogP contribution < -0.4 is 9.47 Å². The summed E-state index contributed by atoms with van der Waals surface area (Å²) in [5.41, 5.74) is 3.17. The fraction of sp³-hybridized carbons (Fsp3) is 0.200. The van der Waals surface area contributed by atoms with Crippen LogP contribution in [0.15, 0.2) is 42.2 Å². The van der Waals surface area contributed by atoms with Crippen molar-refractivity contribution in [1.29, 1.82) is 0 Å². The minimum absolute atomic E-state index is 0.144. The number of fused-ring (bicyclic) bond motifs is 1. The Bertz CT molecular complexity index is 880. The van der Waals surface area contributed by atoms with Crippen molar-refractivity contribution in [2.75, 3.05) is 13.7 Å². The Morgan fingerprint density at radius 2 is 2.00 bits per heavy atom. The van der Waals surface area contributed by atoms with Gasteiger partial charge in [0.2, 0.25) is 5.78 Å². The van der Waals surface area contributed by atoms with Crippen LogP contribution in [-0.4, -0.2) is 25.5 Å². The fourth-order valence-electron chi connectivity index (χ4n) is 2.73. The predicted octanol–water partition coefficient (Wildman–Crippen LogP) is 3.47. The van der Waals surface area contributed by atoms with Gasteiger partial charge in [-0.15, -0.1) is 0 Å². The molecule has 1 heterocycles. The van der Waals surface area contributed by atoms with Crippen LogP contribution in [0.2, 0.25) is 0 Å². The average molecular weight is 338 g/mol. The number of allylic oxidation sites excluding steroid dienone is 1. The van der Waals surface area contributed by atoms with Gasteiger partial charge in [-0.2, -0.15) is 0 Å². The Labute approximate surface area is 145 Å². The number of ether oxygens (including phenoxy) is 3. The first-order chi connectivity index (χ1) is 12.0.